The normalized spacial score (nSPS) is 16.9. The molecular formula is C20H22N4O2. The van der Waals surface area contributed by atoms with E-state index in [1.807, 2.05) is 42.5 Å². The molecular weight excluding hydrogens is 328 g/mol. The van der Waals surface area contributed by atoms with E-state index in [4.69, 9.17) is 20.9 Å². The Hall–Kier alpha value is -3.28. The number of benzene rings is 1. The Morgan fingerprint density at radius 2 is 2.00 bits per heavy atom. The molecule has 0 amide bonds. The van der Waals surface area contributed by atoms with E-state index >= 15 is 0 Å². The van der Waals surface area contributed by atoms with Gasteiger partial charge in [-0.25, -0.2) is 0 Å². The van der Waals surface area contributed by atoms with Crippen molar-refractivity contribution in [2.75, 3.05) is 19.9 Å². The Morgan fingerprint density at radius 3 is 2.69 bits per heavy atom. The minimum absolute atomic E-state index is 0.0479. The molecule has 1 aromatic carbocycles. The number of aliphatic imine (C=N–C) groups is 1. The lowest BCUT2D eigenvalue weighted by Gasteiger charge is -2.18. The van der Waals surface area contributed by atoms with Gasteiger partial charge in [0, 0.05) is 25.2 Å². The Kier molecular flexibility index (Phi) is 5.22. The fourth-order valence-electron chi connectivity index (χ4n) is 2.82. The number of pyridine rings is 1. The molecule has 6 nitrogen and oxygen atoms in total. The molecule has 0 aliphatic heterocycles. The van der Waals surface area contributed by atoms with Crippen molar-refractivity contribution in [3.63, 3.8) is 0 Å². The number of anilines is 1. The smallest absolute Gasteiger partial charge is 0.128 e. The van der Waals surface area contributed by atoms with Crippen LogP contribution in [0, 0.1) is 0 Å². The zero-order valence-corrected chi connectivity index (χ0v) is 14.8. The zero-order chi connectivity index (χ0) is 18.5. The quantitative estimate of drug-likeness (QED) is 0.638. The summed E-state index contributed by atoms with van der Waals surface area (Å²) in [5, 5.41) is 0. The Morgan fingerprint density at radius 1 is 1.23 bits per heavy atom. The maximum absolute atomic E-state index is 6.04. The zero-order valence-electron chi connectivity index (χ0n) is 14.8. The maximum atomic E-state index is 6.04. The van der Waals surface area contributed by atoms with Crippen molar-refractivity contribution in [1.29, 1.82) is 0 Å². The standard InChI is InChI=1S/C20H22N4O2/c1-23-20(22)19-17(11-24-12-18(19)21)13-6-8-14(9-7-13)26-16-5-3-4-15(10-16)25-2/h3-4,6-12,16H,5,21H2,1-2H3,(H2,22,23). The predicted molar refractivity (Wildman–Crippen MR) is 104 cm³/mol. The van der Waals surface area contributed by atoms with Gasteiger partial charge in [0.15, 0.2) is 0 Å². The van der Waals surface area contributed by atoms with Crippen LogP contribution in [0.5, 0.6) is 5.75 Å². The summed E-state index contributed by atoms with van der Waals surface area (Å²) < 4.78 is 11.3. The van der Waals surface area contributed by atoms with Crippen LogP contribution >= 0.6 is 0 Å². The average molecular weight is 350 g/mol. The SMILES string of the molecule is CN=C(N)c1c(N)cncc1-c1ccc(OC2C=C(OC)C=CC2)cc1. The molecule has 1 unspecified atom stereocenters. The van der Waals surface area contributed by atoms with Crippen LogP contribution < -0.4 is 16.2 Å². The largest absolute Gasteiger partial charge is 0.497 e. The van der Waals surface area contributed by atoms with Crippen molar-refractivity contribution in [2.24, 2.45) is 10.7 Å². The van der Waals surface area contributed by atoms with Gasteiger partial charge in [-0.1, -0.05) is 18.2 Å². The van der Waals surface area contributed by atoms with Gasteiger partial charge in [0.1, 0.15) is 23.4 Å². The first kappa shape index (κ1) is 17.5. The van der Waals surface area contributed by atoms with Crippen molar-refractivity contribution in [1.82, 2.24) is 4.98 Å². The van der Waals surface area contributed by atoms with Gasteiger partial charge in [-0.15, -0.1) is 0 Å². The number of nitrogen functional groups attached to an aromatic ring is 1. The molecule has 0 spiro atoms. The summed E-state index contributed by atoms with van der Waals surface area (Å²) >= 11 is 0. The summed E-state index contributed by atoms with van der Waals surface area (Å²) in [6.07, 6.45) is 10.0. The van der Waals surface area contributed by atoms with E-state index in [0.29, 0.717) is 17.1 Å². The van der Waals surface area contributed by atoms with Gasteiger partial charge in [0.2, 0.25) is 0 Å². The van der Waals surface area contributed by atoms with Gasteiger partial charge in [0.05, 0.1) is 24.6 Å². The van der Waals surface area contributed by atoms with Gasteiger partial charge in [-0.2, -0.15) is 0 Å². The van der Waals surface area contributed by atoms with E-state index in [2.05, 4.69) is 9.98 Å². The summed E-state index contributed by atoms with van der Waals surface area (Å²) in [6.45, 7) is 0. The first-order chi connectivity index (χ1) is 12.6. The minimum Gasteiger partial charge on any atom is -0.497 e. The van der Waals surface area contributed by atoms with Crippen LogP contribution in [0.3, 0.4) is 0 Å². The molecule has 0 fully saturated rings. The molecule has 1 aromatic heterocycles. The third-order valence-electron chi connectivity index (χ3n) is 4.16. The number of ether oxygens (including phenoxy) is 2. The first-order valence-corrected chi connectivity index (χ1v) is 8.28. The van der Waals surface area contributed by atoms with Gasteiger partial charge in [-0.05, 0) is 29.8 Å². The highest BCUT2D eigenvalue weighted by molar-refractivity contribution is 6.07. The maximum Gasteiger partial charge on any atom is 0.128 e. The number of methoxy groups -OCH3 is 1. The lowest BCUT2D eigenvalue weighted by atomic mass is 10.00. The lowest BCUT2D eigenvalue weighted by Crippen LogP contribution is -2.17. The van der Waals surface area contributed by atoms with E-state index < -0.39 is 0 Å². The molecule has 0 bridgehead atoms. The van der Waals surface area contributed by atoms with E-state index in [9.17, 15) is 0 Å². The van der Waals surface area contributed by atoms with Crippen molar-refractivity contribution in [3.05, 3.63) is 66.2 Å². The van der Waals surface area contributed by atoms with Crippen molar-refractivity contribution < 1.29 is 9.47 Å². The molecule has 134 valence electrons. The second kappa shape index (κ2) is 7.74. The highest BCUT2D eigenvalue weighted by Crippen LogP contribution is 2.29. The van der Waals surface area contributed by atoms with Crippen LogP contribution in [0.15, 0.2) is 65.6 Å². The molecule has 1 aliphatic rings. The molecule has 26 heavy (non-hydrogen) atoms. The fourth-order valence-corrected chi connectivity index (χ4v) is 2.82. The molecule has 0 saturated heterocycles. The first-order valence-electron chi connectivity index (χ1n) is 8.28. The van der Waals surface area contributed by atoms with Gasteiger partial charge < -0.3 is 20.9 Å². The molecule has 1 atom stereocenters. The van der Waals surface area contributed by atoms with Crippen LogP contribution in [-0.2, 0) is 4.74 Å². The average Bonchev–Trinajstić information content (AvgIpc) is 2.68. The van der Waals surface area contributed by atoms with Crippen LogP contribution in [-0.4, -0.2) is 31.1 Å². The summed E-state index contributed by atoms with van der Waals surface area (Å²) in [5.41, 5.74) is 15.0. The van der Waals surface area contributed by atoms with Gasteiger partial charge in [0.25, 0.3) is 0 Å². The highest BCUT2D eigenvalue weighted by atomic mass is 16.5. The molecule has 0 radical (unpaired) electrons. The van der Waals surface area contributed by atoms with Crippen molar-refractivity contribution in [3.8, 4) is 16.9 Å². The van der Waals surface area contributed by atoms with Crippen LogP contribution in [0.4, 0.5) is 5.69 Å². The van der Waals surface area contributed by atoms with Crippen LogP contribution in [0.1, 0.15) is 12.0 Å². The molecule has 0 saturated carbocycles. The summed E-state index contributed by atoms with van der Waals surface area (Å²) in [5.74, 6) is 1.96. The number of aromatic nitrogens is 1. The van der Waals surface area contributed by atoms with Crippen LogP contribution in [0.25, 0.3) is 11.1 Å². The van der Waals surface area contributed by atoms with E-state index in [1.54, 1.807) is 26.6 Å². The van der Waals surface area contributed by atoms with Crippen molar-refractivity contribution >= 4 is 11.5 Å². The lowest BCUT2D eigenvalue weighted by molar-refractivity contribution is 0.233. The Balaban J connectivity index is 1.84. The molecule has 4 N–H and O–H groups in total. The summed E-state index contributed by atoms with van der Waals surface area (Å²) in [7, 11) is 3.28. The molecule has 2 aromatic rings. The number of allylic oxidation sites excluding steroid dienone is 1. The number of hydrogen-bond donors (Lipinski definition) is 2. The van der Waals surface area contributed by atoms with Gasteiger partial charge in [-0.3, -0.25) is 9.98 Å². The number of nitrogens with zero attached hydrogens (tertiary/aromatic N) is 2. The minimum atomic E-state index is -0.0479. The van der Waals surface area contributed by atoms with E-state index in [0.717, 1.165) is 29.1 Å². The third-order valence-corrected chi connectivity index (χ3v) is 4.16. The molecule has 3 rings (SSSR count). The second-order valence-electron chi connectivity index (χ2n) is 5.85. The second-order valence-corrected chi connectivity index (χ2v) is 5.85. The Bertz CT molecular complexity index is 870. The van der Waals surface area contributed by atoms with Crippen molar-refractivity contribution in [2.45, 2.75) is 12.5 Å². The summed E-state index contributed by atoms with van der Waals surface area (Å²) in [4.78, 5) is 8.23. The Labute approximate surface area is 152 Å². The van der Waals surface area contributed by atoms with E-state index in [-0.39, 0.29) is 6.10 Å². The molecule has 6 heteroatoms. The highest BCUT2D eigenvalue weighted by Gasteiger charge is 2.14. The predicted octanol–water partition coefficient (Wildman–Crippen LogP) is 2.90. The van der Waals surface area contributed by atoms with Gasteiger partial charge >= 0.3 is 0 Å². The number of amidine groups is 1. The topological polar surface area (TPSA) is 95.8 Å². The van der Waals surface area contributed by atoms with E-state index in [1.165, 1.54) is 0 Å². The number of nitrogens with two attached hydrogens (primary N) is 2. The third kappa shape index (κ3) is 3.69. The number of rotatable bonds is 5. The number of hydrogen-bond acceptors (Lipinski definition) is 5. The molecule has 1 aliphatic carbocycles. The molecule has 1 heterocycles. The van der Waals surface area contributed by atoms with Crippen LogP contribution in [0.2, 0.25) is 0 Å². The monoisotopic (exact) mass is 350 g/mol. The fraction of sp³-hybridized carbons (Fsp3) is 0.200. The summed E-state index contributed by atoms with van der Waals surface area (Å²) in [6, 6.07) is 7.75.